The highest BCUT2D eigenvalue weighted by molar-refractivity contribution is 9.10. The summed E-state index contributed by atoms with van der Waals surface area (Å²) in [6, 6.07) is 9.94. The molecule has 0 fully saturated rings. The highest BCUT2D eigenvalue weighted by atomic mass is 79.9. The molecule has 1 N–H and O–H groups in total. The van der Waals surface area contributed by atoms with Crippen molar-refractivity contribution in [2.45, 2.75) is 6.18 Å². The van der Waals surface area contributed by atoms with Crippen molar-refractivity contribution in [2.24, 2.45) is 0 Å². The minimum absolute atomic E-state index is 0.0476. The minimum Gasteiger partial charge on any atom is -0.496 e. The van der Waals surface area contributed by atoms with Gasteiger partial charge in [0, 0.05) is 10.2 Å². The van der Waals surface area contributed by atoms with Gasteiger partial charge in [-0.2, -0.15) is 13.2 Å². The van der Waals surface area contributed by atoms with Crippen LogP contribution in [0.5, 0.6) is 5.75 Å². The number of amides is 1. The topological polar surface area (TPSA) is 38.3 Å². The quantitative estimate of drug-likeness (QED) is 0.844. The summed E-state index contributed by atoms with van der Waals surface area (Å²) in [6.07, 6.45) is -4.51. The molecule has 0 saturated heterocycles. The molecule has 116 valence electrons. The van der Waals surface area contributed by atoms with Crippen LogP contribution in [0.3, 0.4) is 0 Å². The van der Waals surface area contributed by atoms with Crippen LogP contribution >= 0.6 is 15.9 Å². The standard InChI is InChI=1S/C15H11BrF3NO2/c1-22-13-5-3-2-4-10(13)14(21)20-9-6-7-12(16)11(8-9)15(17,18)19/h2-8H,1H3,(H,20,21). The molecule has 3 nitrogen and oxygen atoms in total. The van der Waals surface area contributed by atoms with E-state index in [-0.39, 0.29) is 15.7 Å². The summed E-state index contributed by atoms with van der Waals surface area (Å²) in [5.41, 5.74) is -0.571. The van der Waals surface area contributed by atoms with Gasteiger partial charge in [-0.3, -0.25) is 4.79 Å². The fraction of sp³-hybridized carbons (Fsp3) is 0.133. The van der Waals surface area contributed by atoms with E-state index in [1.54, 1.807) is 18.2 Å². The number of para-hydroxylation sites is 1. The Bertz CT molecular complexity index is 701. The largest absolute Gasteiger partial charge is 0.496 e. The molecule has 0 bridgehead atoms. The summed E-state index contributed by atoms with van der Waals surface area (Å²) < 4.78 is 43.5. The van der Waals surface area contributed by atoms with E-state index in [0.717, 1.165) is 6.07 Å². The molecule has 0 spiro atoms. The van der Waals surface area contributed by atoms with Crippen LogP contribution in [0.4, 0.5) is 18.9 Å². The molecular formula is C15H11BrF3NO2. The maximum Gasteiger partial charge on any atom is 0.417 e. The summed E-state index contributed by atoms with van der Waals surface area (Å²) in [5.74, 6) is -0.207. The lowest BCUT2D eigenvalue weighted by Crippen LogP contribution is -2.14. The van der Waals surface area contributed by atoms with Crippen molar-refractivity contribution in [2.75, 3.05) is 12.4 Å². The molecule has 0 aliphatic rings. The Hall–Kier alpha value is -2.02. The van der Waals surface area contributed by atoms with Gasteiger partial charge >= 0.3 is 6.18 Å². The first-order chi connectivity index (χ1) is 10.3. The van der Waals surface area contributed by atoms with E-state index in [2.05, 4.69) is 21.2 Å². The predicted octanol–water partition coefficient (Wildman–Crippen LogP) is 4.73. The number of alkyl halides is 3. The van der Waals surface area contributed by atoms with Crippen molar-refractivity contribution in [1.82, 2.24) is 0 Å². The van der Waals surface area contributed by atoms with E-state index in [4.69, 9.17) is 4.74 Å². The lowest BCUT2D eigenvalue weighted by atomic mass is 10.1. The van der Waals surface area contributed by atoms with Crippen LogP contribution in [0.2, 0.25) is 0 Å². The number of halogens is 4. The van der Waals surface area contributed by atoms with Gasteiger partial charge in [0.15, 0.2) is 0 Å². The Balaban J connectivity index is 2.29. The fourth-order valence-electron chi connectivity index (χ4n) is 1.85. The molecule has 0 atom stereocenters. The second-order valence-electron chi connectivity index (χ2n) is 4.35. The Labute approximate surface area is 133 Å². The van der Waals surface area contributed by atoms with E-state index >= 15 is 0 Å². The summed E-state index contributed by atoms with van der Waals surface area (Å²) in [7, 11) is 1.41. The van der Waals surface area contributed by atoms with Gasteiger partial charge < -0.3 is 10.1 Å². The summed E-state index contributed by atoms with van der Waals surface area (Å²) >= 11 is 2.85. The Morgan fingerprint density at radius 1 is 1.18 bits per heavy atom. The van der Waals surface area contributed by atoms with Gasteiger partial charge in [-0.15, -0.1) is 0 Å². The van der Waals surface area contributed by atoms with Gasteiger partial charge in [0.2, 0.25) is 0 Å². The smallest absolute Gasteiger partial charge is 0.417 e. The summed E-state index contributed by atoms with van der Waals surface area (Å²) in [4.78, 5) is 12.2. The van der Waals surface area contributed by atoms with E-state index in [9.17, 15) is 18.0 Å². The zero-order valence-electron chi connectivity index (χ0n) is 11.4. The zero-order valence-corrected chi connectivity index (χ0v) is 13.0. The van der Waals surface area contributed by atoms with Crippen molar-refractivity contribution in [3.63, 3.8) is 0 Å². The average Bonchev–Trinajstić information content (AvgIpc) is 2.48. The molecule has 0 heterocycles. The Kier molecular flexibility index (Phi) is 4.75. The Morgan fingerprint density at radius 2 is 1.86 bits per heavy atom. The third-order valence-electron chi connectivity index (χ3n) is 2.88. The summed E-state index contributed by atoms with van der Waals surface area (Å²) in [5, 5.41) is 2.43. The molecule has 0 aliphatic heterocycles. The van der Waals surface area contributed by atoms with Crippen LogP contribution in [-0.4, -0.2) is 13.0 Å². The van der Waals surface area contributed by atoms with Gasteiger partial charge in [-0.1, -0.05) is 28.1 Å². The molecule has 2 rings (SSSR count). The molecule has 0 radical (unpaired) electrons. The molecule has 22 heavy (non-hydrogen) atoms. The molecule has 7 heteroatoms. The second-order valence-corrected chi connectivity index (χ2v) is 5.20. The van der Waals surface area contributed by atoms with Crippen LogP contribution in [0.25, 0.3) is 0 Å². The van der Waals surface area contributed by atoms with E-state index in [0.29, 0.717) is 5.75 Å². The van der Waals surface area contributed by atoms with Crippen molar-refractivity contribution >= 4 is 27.5 Å². The highest BCUT2D eigenvalue weighted by Crippen LogP contribution is 2.36. The van der Waals surface area contributed by atoms with Gasteiger partial charge in [0.1, 0.15) is 5.75 Å². The lowest BCUT2D eigenvalue weighted by molar-refractivity contribution is -0.138. The first kappa shape index (κ1) is 16.4. The molecule has 1 amide bonds. The first-order valence-corrected chi connectivity index (χ1v) is 6.93. The number of carbonyl (C=O) groups excluding carboxylic acids is 1. The average molecular weight is 374 g/mol. The number of carbonyl (C=O) groups is 1. The summed E-state index contributed by atoms with van der Waals surface area (Å²) in [6.45, 7) is 0. The molecule has 0 unspecified atom stereocenters. The fourth-order valence-corrected chi connectivity index (χ4v) is 2.32. The van der Waals surface area contributed by atoms with E-state index in [1.807, 2.05) is 0 Å². The number of methoxy groups -OCH3 is 1. The maximum atomic E-state index is 12.8. The monoisotopic (exact) mass is 373 g/mol. The van der Waals surface area contributed by atoms with Gasteiger partial charge in [0.25, 0.3) is 5.91 Å². The molecule has 0 aliphatic carbocycles. The second kappa shape index (κ2) is 6.39. The van der Waals surface area contributed by atoms with E-state index < -0.39 is 17.6 Å². The highest BCUT2D eigenvalue weighted by Gasteiger charge is 2.33. The third kappa shape index (κ3) is 3.59. The van der Waals surface area contributed by atoms with Crippen LogP contribution < -0.4 is 10.1 Å². The lowest BCUT2D eigenvalue weighted by Gasteiger charge is -2.13. The normalized spacial score (nSPS) is 11.1. The number of hydrogen-bond donors (Lipinski definition) is 1. The molecule has 2 aromatic carbocycles. The minimum atomic E-state index is -4.51. The Morgan fingerprint density at radius 3 is 2.50 bits per heavy atom. The first-order valence-electron chi connectivity index (χ1n) is 6.14. The number of benzene rings is 2. The van der Waals surface area contributed by atoms with Crippen molar-refractivity contribution in [1.29, 1.82) is 0 Å². The molecule has 2 aromatic rings. The number of anilines is 1. The SMILES string of the molecule is COc1ccccc1C(=O)Nc1ccc(Br)c(C(F)(F)F)c1. The zero-order chi connectivity index (χ0) is 16.3. The molecule has 0 aromatic heterocycles. The van der Waals surface area contributed by atoms with Gasteiger partial charge in [0.05, 0.1) is 18.2 Å². The van der Waals surface area contributed by atoms with Crippen LogP contribution in [0.1, 0.15) is 15.9 Å². The maximum absolute atomic E-state index is 12.8. The van der Waals surface area contributed by atoms with Crippen LogP contribution in [0.15, 0.2) is 46.9 Å². The van der Waals surface area contributed by atoms with Crippen LogP contribution in [0, 0.1) is 0 Å². The van der Waals surface area contributed by atoms with Crippen molar-refractivity contribution in [3.05, 3.63) is 58.1 Å². The molecule has 0 saturated carbocycles. The van der Waals surface area contributed by atoms with Gasteiger partial charge in [-0.25, -0.2) is 0 Å². The number of rotatable bonds is 3. The van der Waals surface area contributed by atoms with Gasteiger partial charge in [-0.05, 0) is 30.3 Å². The molecular weight excluding hydrogens is 363 g/mol. The van der Waals surface area contributed by atoms with Crippen LogP contribution in [-0.2, 0) is 6.18 Å². The number of nitrogens with one attached hydrogen (secondary N) is 1. The van der Waals surface area contributed by atoms with Crippen molar-refractivity contribution in [3.8, 4) is 5.75 Å². The third-order valence-corrected chi connectivity index (χ3v) is 3.57. The van der Waals surface area contributed by atoms with E-state index in [1.165, 1.54) is 25.3 Å². The van der Waals surface area contributed by atoms with Crippen molar-refractivity contribution < 1.29 is 22.7 Å². The predicted molar refractivity (Wildman–Crippen MR) is 80.1 cm³/mol. The number of hydrogen-bond acceptors (Lipinski definition) is 2. The number of ether oxygens (including phenoxy) is 1.